The Balaban J connectivity index is 1.55. The van der Waals surface area contributed by atoms with Crippen LogP contribution in [-0.2, 0) is 9.53 Å². The molecule has 3 nitrogen and oxygen atoms in total. The van der Waals surface area contributed by atoms with Crippen molar-refractivity contribution in [3.05, 3.63) is 0 Å². The Morgan fingerprint density at radius 1 is 1.42 bits per heavy atom. The van der Waals surface area contributed by atoms with E-state index in [-0.39, 0.29) is 11.9 Å². The molecule has 0 aromatic carbocycles. The molecule has 0 spiro atoms. The number of hydrogen-bond donors (Lipinski definition) is 1. The number of esters is 1. The monoisotopic (exact) mass is 169 g/mol. The van der Waals surface area contributed by atoms with Gasteiger partial charge in [0.05, 0.1) is 12.5 Å². The molecule has 68 valence electrons. The van der Waals surface area contributed by atoms with Gasteiger partial charge in [-0.1, -0.05) is 12.8 Å². The number of carbonyl (C=O) groups excluding carboxylic acids is 1. The summed E-state index contributed by atoms with van der Waals surface area (Å²) in [5.41, 5.74) is 0. The van der Waals surface area contributed by atoms with E-state index in [1.807, 2.05) is 0 Å². The summed E-state index contributed by atoms with van der Waals surface area (Å²) in [4.78, 5) is 11.2. The van der Waals surface area contributed by atoms with Crippen LogP contribution in [0.3, 0.4) is 0 Å². The Morgan fingerprint density at radius 2 is 2.17 bits per heavy atom. The molecule has 1 aliphatic carbocycles. The summed E-state index contributed by atoms with van der Waals surface area (Å²) in [6, 6.07) is 0. The smallest absolute Gasteiger partial charge is 0.311 e. The van der Waals surface area contributed by atoms with Crippen molar-refractivity contribution >= 4 is 5.97 Å². The molecular formula is C9H15NO2. The minimum Gasteiger partial charge on any atom is -0.465 e. The molecule has 1 aliphatic heterocycles. The second kappa shape index (κ2) is 3.44. The normalized spacial score (nSPS) is 23.3. The molecule has 1 heterocycles. The van der Waals surface area contributed by atoms with Crippen molar-refractivity contribution in [2.75, 3.05) is 19.7 Å². The minimum absolute atomic E-state index is 0.00519. The molecule has 1 saturated heterocycles. The second-order valence-electron chi connectivity index (χ2n) is 3.75. The largest absolute Gasteiger partial charge is 0.465 e. The third-order valence-electron chi connectivity index (χ3n) is 2.58. The molecule has 0 amide bonds. The highest BCUT2D eigenvalue weighted by Gasteiger charge is 2.27. The fourth-order valence-corrected chi connectivity index (χ4v) is 1.31. The molecule has 0 atom stereocenters. The van der Waals surface area contributed by atoms with Gasteiger partial charge in [-0.15, -0.1) is 0 Å². The Kier molecular flexibility index (Phi) is 2.30. The molecule has 2 fully saturated rings. The van der Waals surface area contributed by atoms with Crippen LogP contribution in [0, 0.1) is 11.8 Å². The third-order valence-corrected chi connectivity index (χ3v) is 2.58. The van der Waals surface area contributed by atoms with E-state index in [0.717, 1.165) is 25.4 Å². The molecule has 1 saturated carbocycles. The van der Waals surface area contributed by atoms with Gasteiger partial charge in [0.2, 0.25) is 0 Å². The van der Waals surface area contributed by atoms with Crippen LogP contribution in [0.2, 0.25) is 0 Å². The maximum absolute atomic E-state index is 11.2. The molecule has 2 rings (SSSR count). The van der Waals surface area contributed by atoms with Gasteiger partial charge in [0.1, 0.15) is 0 Å². The third kappa shape index (κ3) is 1.97. The zero-order valence-corrected chi connectivity index (χ0v) is 7.21. The highest BCUT2D eigenvalue weighted by atomic mass is 16.5. The predicted molar refractivity (Wildman–Crippen MR) is 44.7 cm³/mol. The lowest BCUT2D eigenvalue weighted by atomic mass is 10.0. The average molecular weight is 169 g/mol. The first-order valence-corrected chi connectivity index (χ1v) is 4.73. The van der Waals surface area contributed by atoms with Gasteiger partial charge in [-0.2, -0.15) is 0 Å². The maximum Gasteiger partial charge on any atom is 0.311 e. The van der Waals surface area contributed by atoms with Crippen molar-refractivity contribution in [1.82, 2.24) is 5.32 Å². The van der Waals surface area contributed by atoms with Crippen LogP contribution < -0.4 is 5.32 Å². The molecule has 1 N–H and O–H groups in total. The number of nitrogens with one attached hydrogen (secondary N) is 1. The van der Waals surface area contributed by atoms with Crippen molar-refractivity contribution < 1.29 is 9.53 Å². The Labute approximate surface area is 72.5 Å². The number of hydrogen-bond acceptors (Lipinski definition) is 3. The summed E-state index contributed by atoms with van der Waals surface area (Å²) in [6.07, 6.45) is 3.75. The van der Waals surface area contributed by atoms with Crippen LogP contribution in [0.1, 0.15) is 19.3 Å². The summed E-state index contributed by atoms with van der Waals surface area (Å²) in [5, 5.41) is 3.05. The molecule has 0 bridgehead atoms. The maximum atomic E-state index is 11.2. The van der Waals surface area contributed by atoms with E-state index in [1.165, 1.54) is 12.8 Å². The van der Waals surface area contributed by atoms with Crippen molar-refractivity contribution in [3.63, 3.8) is 0 Å². The Morgan fingerprint density at radius 3 is 2.67 bits per heavy atom. The van der Waals surface area contributed by atoms with E-state index in [0.29, 0.717) is 6.61 Å². The van der Waals surface area contributed by atoms with Gasteiger partial charge >= 0.3 is 5.97 Å². The number of ether oxygens (including phenoxy) is 1. The molecule has 0 unspecified atom stereocenters. The van der Waals surface area contributed by atoms with Crippen molar-refractivity contribution in [1.29, 1.82) is 0 Å². The Bertz CT molecular complexity index is 173. The van der Waals surface area contributed by atoms with Crippen LogP contribution in [0.15, 0.2) is 0 Å². The van der Waals surface area contributed by atoms with Gasteiger partial charge < -0.3 is 10.1 Å². The van der Waals surface area contributed by atoms with E-state index < -0.39 is 0 Å². The van der Waals surface area contributed by atoms with Gasteiger partial charge in [-0.3, -0.25) is 4.79 Å². The highest BCUT2D eigenvalue weighted by Crippen LogP contribution is 2.32. The lowest BCUT2D eigenvalue weighted by molar-refractivity contribution is -0.150. The van der Waals surface area contributed by atoms with Crippen LogP contribution in [-0.4, -0.2) is 25.7 Å². The summed E-state index contributed by atoms with van der Waals surface area (Å²) in [5.74, 6) is 0.996. The molecule has 12 heavy (non-hydrogen) atoms. The average Bonchev–Trinajstić information content (AvgIpc) is 2.67. The quantitative estimate of drug-likeness (QED) is 0.624. The second-order valence-corrected chi connectivity index (χ2v) is 3.75. The first-order valence-electron chi connectivity index (χ1n) is 4.73. The summed E-state index contributed by atoms with van der Waals surface area (Å²) in [7, 11) is 0. The van der Waals surface area contributed by atoms with Gasteiger partial charge in [0.25, 0.3) is 0 Å². The first-order chi connectivity index (χ1) is 5.86. The summed E-state index contributed by atoms with van der Waals surface area (Å²) >= 11 is 0. The van der Waals surface area contributed by atoms with Crippen LogP contribution in [0.25, 0.3) is 0 Å². The van der Waals surface area contributed by atoms with Gasteiger partial charge in [-0.05, 0) is 12.3 Å². The van der Waals surface area contributed by atoms with Crippen LogP contribution in [0.5, 0.6) is 0 Å². The molecule has 2 aliphatic rings. The van der Waals surface area contributed by atoms with E-state index in [2.05, 4.69) is 5.32 Å². The lowest BCUT2D eigenvalue weighted by Gasteiger charge is -2.24. The van der Waals surface area contributed by atoms with Crippen molar-refractivity contribution in [2.45, 2.75) is 19.3 Å². The van der Waals surface area contributed by atoms with Crippen LogP contribution >= 0.6 is 0 Å². The molecule has 3 heteroatoms. The van der Waals surface area contributed by atoms with E-state index in [1.54, 1.807) is 0 Å². The standard InChI is InChI=1S/C9H15NO2/c11-9(8-5-10-6-8)12-4-3-7-1-2-7/h7-8,10H,1-6H2. The van der Waals surface area contributed by atoms with Crippen molar-refractivity contribution in [2.24, 2.45) is 11.8 Å². The van der Waals surface area contributed by atoms with E-state index in [4.69, 9.17) is 4.74 Å². The SMILES string of the molecule is O=C(OCCC1CC1)C1CNC1. The van der Waals surface area contributed by atoms with Gasteiger partial charge in [0.15, 0.2) is 0 Å². The molecule has 0 aromatic rings. The van der Waals surface area contributed by atoms with Crippen LogP contribution in [0.4, 0.5) is 0 Å². The first kappa shape index (κ1) is 8.05. The van der Waals surface area contributed by atoms with E-state index in [9.17, 15) is 4.79 Å². The van der Waals surface area contributed by atoms with Crippen molar-refractivity contribution in [3.8, 4) is 0 Å². The minimum atomic E-state index is -0.00519. The lowest BCUT2D eigenvalue weighted by Crippen LogP contribution is -2.47. The molecular weight excluding hydrogens is 154 g/mol. The number of rotatable bonds is 4. The molecule has 0 aromatic heterocycles. The van der Waals surface area contributed by atoms with E-state index >= 15 is 0 Å². The topological polar surface area (TPSA) is 38.3 Å². The van der Waals surface area contributed by atoms with Gasteiger partial charge in [-0.25, -0.2) is 0 Å². The zero-order chi connectivity index (χ0) is 8.39. The fourth-order valence-electron chi connectivity index (χ4n) is 1.31. The Hall–Kier alpha value is -0.570. The summed E-state index contributed by atoms with van der Waals surface area (Å²) in [6.45, 7) is 2.25. The molecule has 0 radical (unpaired) electrons. The zero-order valence-electron chi connectivity index (χ0n) is 7.21. The predicted octanol–water partition coefficient (Wildman–Crippen LogP) is 0.549. The summed E-state index contributed by atoms with van der Waals surface area (Å²) < 4.78 is 5.12. The highest BCUT2D eigenvalue weighted by molar-refractivity contribution is 5.73. The number of carbonyl (C=O) groups is 1. The fraction of sp³-hybridized carbons (Fsp3) is 0.889. The van der Waals surface area contributed by atoms with Gasteiger partial charge in [0, 0.05) is 13.1 Å².